The smallest absolute Gasteiger partial charge is 0.319 e. The summed E-state index contributed by atoms with van der Waals surface area (Å²) >= 11 is 1.67. The molecule has 3 heterocycles. The van der Waals surface area contributed by atoms with Gasteiger partial charge in [-0.1, -0.05) is 59.0 Å². The van der Waals surface area contributed by atoms with Crippen LogP contribution in [0.15, 0.2) is 24.3 Å². The zero-order chi connectivity index (χ0) is 49.0. The van der Waals surface area contributed by atoms with Crippen LogP contribution in [0, 0.1) is 63.9 Å². The van der Waals surface area contributed by atoms with Gasteiger partial charge < -0.3 is 46.0 Å². The van der Waals surface area contributed by atoms with Crippen molar-refractivity contribution >= 4 is 70.8 Å². The number of esters is 1. The Morgan fingerprint density at radius 3 is 2.09 bits per heavy atom. The molecule has 4 atom stereocenters. The molecular formula is C45H68GdN9O12S-. The third kappa shape index (κ3) is 19.9. The maximum absolute atomic E-state index is 13.8. The number of aliphatic carboxylic acids is 2. The maximum atomic E-state index is 13.8. The monoisotopic (exact) mass is 1120 g/mol. The first-order chi connectivity index (χ1) is 32.0. The molecular weight excluding hydrogens is 1050 g/mol. The third-order valence-electron chi connectivity index (χ3n) is 12.0. The van der Waals surface area contributed by atoms with Crippen LogP contribution in [0.25, 0.3) is 0 Å². The third-order valence-corrected chi connectivity index (χ3v) is 13.2. The number of carbonyl (C=O) groups excluding carboxylic acids is 7. The first-order valence-electron chi connectivity index (χ1n) is 23.0. The van der Waals surface area contributed by atoms with E-state index in [2.05, 4.69) is 28.2 Å². The van der Waals surface area contributed by atoms with Crippen molar-refractivity contribution in [1.82, 2.24) is 40.4 Å². The van der Waals surface area contributed by atoms with Crippen LogP contribution in [-0.4, -0.2) is 191 Å². The first kappa shape index (κ1) is 58.5. The van der Waals surface area contributed by atoms with Crippen LogP contribution in [0.2, 0.25) is 0 Å². The van der Waals surface area contributed by atoms with Gasteiger partial charge in [0, 0.05) is 123 Å². The minimum absolute atomic E-state index is 0. The molecule has 6 amide bonds. The SMILES string of the molecule is CCCSCC[C@H](NC(=O)Nc1ccc(CNC(=O)CN2CCN(CC(=O)O)CCN(CC(=O)O)CCN3CC(=O)O[C-]3C2)cc1)C(=O)C[C@H](C(=O)NCCN1C(=O)CC(C)C1=O)[C@@H](C)CC.[Gd]. The van der Waals surface area contributed by atoms with Crippen molar-refractivity contribution in [2.75, 3.05) is 102 Å². The van der Waals surface area contributed by atoms with E-state index < -0.39 is 35.9 Å². The second kappa shape index (κ2) is 30.0. The van der Waals surface area contributed by atoms with Crippen LogP contribution in [0.4, 0.5) is 10.5 Å². The summed E-state index contributed by atoms with van der Waals surface area (Å²) in [7, 11) is 0. The summed E-state index contributed by atoms with van der Waals surface area (Å²) in [5, 5.41) is 30.2. The number of Topliss-reactive ketones (excluding diaryl/α,β-unsaturated/α-hetero) is 1. The zero-order valence-corrected chi connectivity index (χ0v) is 42.5. The summed E-state index contributed by atoms with van der Waals surface area (Å²) < 4.78 is 5.49. The van der Waals surface area contributed by atoms with Crippen molar-refractivity contribution in [2.45, 2.75) is 72.4 Å². The van der Waals surface area contributed by atoms with Gasteiger partial charge in [-0.15, -0.1) is 0 Å². The minimum atomic E-state index is -1.05. The van der Waals surface area contributed by atoms with Crippen molar-refractivity contribution in [3.8, 4) is 0 Å². The fourth-order valence-electron chi connectivity index (χ4n) is 7.92. The summed E-state index contributed by atoms with van der Waals surface area (Å²) in [5.41, 5.74) is 1.16. The number of hydrogen-bond acceptors (Lipinski definition) is 15. The molecule has 0 aliphatic carbocycles. The van der Waals surface area contributed by atoms with Crippen LogP contribution in [0.1, 0.15) is 65.4 Å². The van der Waals surface area contributed by atoms with E-state index in [1.165, 1.54) is 0 Å². The largest absolute Gasteiger partial charge is 0.617 e. The summed E-state index contributed by atoms with van der Waals surface area (Å²) in [6, 6.07) is 5.30. The Hall–Kier alpha value is -3.84. The number of nitrogens with one attached hydrogen (secondary N) is 4. The number of ether oxygens (including phenoxy) is 1. The molecule has 23 heteroatoms. The molecule has 1 aromatic rings. The second-order valence-corrected chi connectivity index (χ2v) is 18.5. The Labute approximate surface area is 434 Å². The summed E-state index contributed by atoms with van der Waals surface area (Å²) in [4.78, 5) is 122. The molecule has 0 spiro atoms. The average molecular weight is 1120 g/mol. The zero-order valence-electron chi connectivity index (χ0n) is 39.4. The minimum Gasteiger partial charge on any atom is -0.617 e. The molecule has 6 N–H and O–H groups in total. The van der Waals surface area contributed by atoms with E-state index in [1.54, 1.807) is 62.6 Å². The van der Waals surface area contributed by atoms with Crippen LogP contribution in [-0.2, 0) is 49.6 Å². The number of benzene rings is 1. The summed E-state index contributed by atoms with van der Waals surface area (Å²) in [5.74, 6) is -3.79. The first-order valence-corrected chi connectivity index (χ1v) is 24.2. The van der Waals surface area contributed by atoms with E-state index in [-0.39, 0.29) is 173 Å². The molecule has 0 saturated carbocycles. The van der Waals surface area contributed by atoms with Gasteiger partial charge in [-0.25, -0.2) is 4.79 Å². The molecule has 3 aliphatic rings. The van der Waals surface area contributed by atoms with E-state index in [0.29, 0.717) is 43.6 Å². The maximum Gasteiger partial charge on any atom is 0.319 e. The van der Waals surface area contributed by atoms with E-state index in [0.717, 1.165) is 22.6 Å². The Kier molecular flexibility index (Phi) is 25.8. The molecule has 0 bridgehead atoms. The molecule has 3 fully saturated rings. The van der Waals surface area contributed by atoms with Gasteiger partial charge in [0.1, 0.15) is 0 Å². The van der Waals surface area contributed by atoms with Crippen LogP contribution >= 0.6 is 11.8 Å². The van der Waals surface area contributed by atoms with Crippen molar-refractivity contribution in [1.29, 1.82) is 0 Å². The Morgan fingerprint density at radius 1 is 0.868 bits per heavy atom. The van der Waals surface area contributed by atoms with Crippen molar-refractivity contribution in [3.05, 3.63) is 36.1 Å². The quantitative estimate of drug-likeness (QED) is 0.0363. The van der Waals surface area contributed by atoms with Crippen molar-refractivity contribution in [3.63, 3.8) is 0 Å². The molecule has 1 aromatic carbocycles. The fourth-order valence-corrected chi connectivity index (χ4v) is 8.81. The number of imide groups is 1. The van der Waals surface area contributed by atoms with Crippen LogP contribution in [0.3, 0.4) is 0 Å². The van der Waals surface area contributed by atoms with Gasteiger partial charge in [0.25, 0.3) is 5.97 Å². The molecule has 3 aliphatic heterocycles. The van der Waals surface area contributed by atoms with E-state index in [1.807, 2.05) is 13.8 Å². The van der Waals surface area contributed by atoms with Gasteiger partial charge in [-0.2, -0.15) is 11.8 Å². The van der Waals surface area contributed by atoms with Crippen LogP contribution < -0.4 is 21.3 Å². The van der Waals surface area contributed by atoms with Gasteiger partial charge in [0.05, 0.1) is 32.2 Å². The van der Waals surface area contributed by atoms with E-state index in [4.69, 9.17) is 4.74 Å². The number of rotatable bonds is 24. The number of anilines is 1. The topological polar surface area (TPSA) is 268 Å². The fraction of sp³-hybridized carbons (Fsp3) is 0.644. The molecule has 380 valence electrons. The molecule has 0 radical (unpaired) electrons. The molecule has 4 rings (SSSR count). The molecule has 3 saturated heterocycles. The number of carboxylic acids is 2. The van der Waals surface area contributed by atoms with E-state index >= 15 is 0 Å². The average Bonchev–Trinajstić information content (AvgIpc) is 3.75. The standard InChI is InChI=1S/C45H68N9O12S.Gd/c1-5-20-67-21-11-35(36(55)23-34(30(3)6-2)43(63)46-12-13-54-38(57)22-31(4)44(54)64)49-45(65)48-33-9-7-32(8-10-33)24-47-37(56)25-52-17-16-50(27-40(58)59)14-15-51(28-41(60)61)18-19-53-29-42(62)66-39(53)26-52;/h7-10,30-31,34-35H,5-6,11-29H2,1-4H3,(H,46,63)(H,47,56)(H,58,59)(H,60,61)(H2,48,49,65);/q-1;/t30-,31?,34-,35-;/m0./s1. The number of nitrogens with zero attached hydrogens (tertiary/aromatic N) is 5. The van der Waals surface area contributed by atoms with Gasteiger partial charge >= 0.3 is 18.0 Å². The van der Waals surface area contributed by atoms with E-state index in [9.17, 15) is 53.4 Å². The predicted octanol–water partition coefficient (Wildman–Crippen LogP) is 0.896. The Morgan fingerprint density at radius 2 is 1.50 bits per heavy atom. The van der Waals surface area contributed by atoms with Gasteiger partial charge in [0.2, 0.25) is 23.6 Å². The normalized spacial score (nSPS) is 19.3. The number of amides is 6. The summed E-state index contributed by atoms with van der Waals surface area (Å²) in [6.45, 7) is 8.95. The van der Waals surface area contributed by atoms with Crippen molar-refractivity contribution < 1.29 is 98.0 Å². The predicted molar refractivity (Wildman–Crippen MR) is 248 cm³/mol. The Bertz CT molecular complexity index is 1900. The second-order valence-electron chi connectivity index (χ2n) is 17.3. The number of ketones is 1. The number of carbonyl (C=O) groups is 9. The van der Waals surface area contributed by atoms with Gasteiger partial charge in [0.15, 0.2) is 5.78 Å². The number of urea groups is 1. The molecule has 68 heavy (non-hydrogen) atoms. The van der Waals surface area contributed by atoms with Gasteiger partial charge in [-0.3, -0.25) is 53.1 Å². The molecule has 0 aromatic heterocycles. The Balaban J connectivity index is 0.0000122. The van der Waals surface area contributed by atoms with Gasteiger partial charge in [-0.05, 0) is 54.5 Å². The number of likely N-dealkylation sites (tertiary alicyclic amines) is 1. The van der Waals surface area contributed by atoms with Crippen molar-refractivity contribution in [2.24, 2.45) is 17.8 Å². The summed E-state index contributed by atoms with van der Waals surface area (Å²) in [6.07, 6.45) is 2.30. The number of hydrogen-bond donors (Lipinski definition) is 6. The molecule has 21 nitrogen and oxygen atoms in total. The van der Waals surface area contributed by atoms with Crippen LogP contribution in [0.5, 0.6) is 0 Å². The number of carboxylic acid groups (broad SMARTS) is 2. The molecule has 1 unspecified atom stereocenters. The number of fused-ring (bicyclic) bond motifs is 1. The number of thioether (sulfide) groups is 1.